The van der Waals surface area contributed by atoms with Crippen LogP contribution in [0.5, 0.6) is 5.75 Å². The molecular weight excluding hydrogens is 352 g/mol. The largest absolute Gasteiger partial charge is 0.481 e. The van der Waals surface area contributed by atoms with Crippen molar-refractivity contribution in [3.63, 3.8) is 0 Å². The summed E-state index contributed by atoms with van der Waals surface area (Å²) in [7, 11) is 1.66. The summed E-state index contributed by atoms with van der Waals surface area (Å²) in [5, 5.41) is 6.02. The highest BCUT2D eigenvalue weighted by atomic mass is 35.5. The summed E-state index contributed by atoms with van der Waals surface area (Å²) in [5.41, 5.74) is 2.27. The first-order valence-electron chi connectivity index (χ1n) is 8.50. The first-order valence-corrected chi connectivity index (χ1v) is 8.50. The molecule has 2 N–H and O–H groups in total. The van der Waals surface area contributed by atoms with Crippen LogP contribution in [-0.4, -0.2) is 45.4 Å². The molecule has 0 aliphatic rings. The molecule has 5 nitrogen and oxygen atoms in total. The highest BCUT2D eigenvalue weighted by Crippen LogP contribution is 2.22. The molecular formula is C20H27ClN2O3. The molecule has 6 heteroatoms. The monoisotopic (exact) mass is 378 g/mol. The Kier molecular flexibility index (Phi) is 10.4. The first kappa shape index (κ1) is 22.0. The number of hydrogen-bond acceptors (Lipinski definition) is 4. The minimum atomic E-state index is -0.540. The van der Waals surface area contributed by atoms with E-state index in [9.17, 15) is 4.79 Å². The summed E-state index contributed by atoms with van der Waals surface area (Å²) >= 11 is 0. The molecule has 1 atom stereocenters. The zero-order valence-electron chi connectivity index (χ0n) is 15.2. The van der Waals surface area contributed by atoms with Gasteiger partial charge in [0.1, 0.15) is 5.75 Å². The lowest BCUT2D eigenvalue weighted by Gasteiger charge is -2.15. The molecule has 0 heterocycles. The number of halogens is 1. The van der Waals surface area contributed by atoms with Crippen molar-refractivity contribution in [2.24, 2.45) is 0 Å². The standard InChI is InChI=1S/C20H26N2O3.ClH/c1-16(20(23)22-13-12-21-14-15-24-2)25-19-10-8-18(9-11-19)17-6-4-3-5-7-17;/h3-11,16,21H,12-15H2,1-2H3,(H,22,23);1H. The lowest BCUT2D eigenvalue weighted by molar-refractivity contribution is -0.127. The fourth-order valence-electron chi connectivity index (χ4n) is 2.33. The zero-order chi connectivity index (χ0) is 17.9. The van der Waals surface area contributed by atoms with Crippen molar-refractivity contribution in [1.29, 1.82) is 0 Å². The summed E-state index contributed by atoms with van der Waals surface area (Å²) in [4.78, 5) is 12.0. The van der Waals surface area contributed by atoms with Crippen LogP contribution in [0, 0.1) is 0 Å². The number of benzene rings is 2. The highest BCUT2D eigenvalue weighted by molar-refractivity contribution is 5.85. The van der Waals surface area contributed by atoms with Crippen LogP contribution in [0.4, 0.5) is 0 Å². The molecule has 142 valence electrons. The molecule has 0 radical (unpaired) electrons. The van der Waals surface area contributed by atoms with Crippen LogP contribution in [-0.2, 0) is 9.53 Å². The quantitative estimate of drug-likeness (QED) is 0.624. The Morgan fingerprint density at radius 2 is 1.62 bits per heavy atom. The number of nitrogens with one attached hydrogen (secondary N) is 2. The van der Waals surface area contributed by atoms with E-state index in [-0.39, 0.29) is 18.3 Å². The molecule has 1 amide bonds. The van der Waals surface area contributed by atoms with Crippen LogP contribution in [0.1, 0.15) is 6.92 Å². The fourth-order valence-corrected chi connectivity index (χ4v) is 2.33. The molecule has 2 aromatic carbocycles. The van der Waals surface area contributed by atoms with Gasteiger partial charge < -0.3 is 20.1 Å². The molecule has 0 aromatic heterocycles. The van der Waals surface area contributed by atoms with Crippen LogP contribution in [0.15, 0.2) is 54.6 Å². The Hall–Kier alpha value is -2.08. The second-order valence-corrected chi connectivity index (χ2v) is 5.68. The van der Waals surface area contributed by atoms with E-state index in [1.54, 1.807) is 14.0 Å². The van der Waals surface area contributed by atoms with Gasteiger partial charge in [0.2, 0.25) is 0 Å². The zero-order valence-corrected chi connectivity index (χ0v) is 16.1. The van der Waals surface area contributed by atoms with Crippen LogP contribution in [0.25, 0.3) is 11.1 Å². The maximum Gasteiger partial charge on any atom is 0.260 e. The number of ether oxygens (including phenoxy) is 2. The van der Waals surface area contributed by atoms with E-state index < -0.39 is 6.10 Å². The van der Waals surface area contributed by atoms with Crippen molar-refractivity contribution in [3.05, 3.63) is 54.6 Å². The molecule has 26 heavy (non-hydrogen) atoms. The molecule has 1 unspecified atom stereocenters. The molecule has 0 fully saturated rings. The third kappa shape index (κ3) is 7.44. The predicted molar refractivity (Wildman–Crippen MR) is 107 cm³/mol. The van der Waals surface area contributed by atoms with Crippen LogP contribution >= 0.6 is 12.4 Å². The van der Waals surface area contributed by atoms with Gasteiger partial charge in [0.05, 0.1) is 6.61 Å². The van der Waals surface area contributed by atoms with Gasteiger partial charge in [-0.2, -0.15) is 0 Å². The number of methoxy groups -OCH3 is 1. The van der Waals surface area contributed by atoms with Crippen molar-refractivity contribution < 1.29 is 14.3 Å². The summed E-state index contributed by atoms with van der Waals surface area (Å²) in [6.45, 7) is 4.44. The number of carbonyl (C=O) groups is 1. The summed E-state index contributed by atoms with van der Waals surface area (Å²) in [6, 6.07) is 17.9. The summed E-state index contributed by atoms with van der Waals surface area (Å²) in [6.07, 6.45) is -0.540. The fraction of sp³-hybridized carbons (Fsp3) is 0.350. The highest BCUT2D eigenvalue weighted by Gasteiger charge is 2.13. The van der Waals surface area contributed by atoms with Crippen molar-refractivity contribution in [2.45, 2.75) is 13.0 Å². The maximum atomic E-state index is 12.0. The second kappa shape index (κ2) is 12.3. The number of rotatable bonds is 10. The predicted octanol–water partition coefficient (Wildman–Crippen LogP) is 2.89. The van der Waals surface area contributed by atoms with Gasteiger partial charge in [-0.25, -0.2) is 0 Å². The third-order valence-electron chi connectivity index (χ3n) is 3.73. The molecule has 0 aliphatic carbocycles. The SMILES string of the molecule is COCCNCCNC(=O)C(C)Oc1ccc(-c2ccccc2)cc1.Cl. The lowest BCUT2D eigenvalue weighted by Crippen LogP contribution is -2.40. The van der Waals surface area contributed by atoms with Gasteiger partial charge in [-0.3, -0.25) is 4.79 Å². The normalized spacial score (nSPS) is 11.3. The minimum absolute atomic E-state index is 0. The Balaban J connectivity index is 0.00000338. The molecule has 2 aromatic rings. The molecule has 2 rings (SSSR count). The Morgan fingerprint density at radius 3 is 2.27 bits per heavy atom. The Morgan fingerprint density at radius 1 is 0.962 bits per heavy atom. The molecule has 0 saturated carbocycles. The minimum Gasteiger partial charge on any atom is -0.481 e. The van der Waals surface area contributed by atoms with E-state index in [1.165, 1.54) is 0 Å². The van der Waals surface area contributed by atoms with E-state index in [1.807, 2.05) is 42.5 Å². The van der Waals surface area contributed by atoms with Gasteiger partial charge in [0.15, 0.2) is 6.10 Å². The topological polar surface area (TPSA) is 59.6 Å². The maximum absolute atomic E-state index is 12.0. The number of carbonyl (C=O) groups excluding carboxylic acids is 1. The van der Waals surface area contributed by atoms with Crippen LogP contribution in [0.3, 0.4) is 0 Å². The number of hydrogen-bond donors (Lipinski definition) is 2. The number of amides is 1. The van der Waals surface area contributed by atoms with E-state index in [0.29, 0.717) is 25.4 Å². The van der Waals surface area contributed by atoms with Crippen molar-refractivity contribution in [3.8, 4) is 16.9 Å². The van der Waals surface area contributed by atoms with Crippen molar-refractivity contribution in [1.82, 2.24) is 10.6 Å². The van der Waals surface area contributed by atoms with E-state index in [2.05, 4.69) is 22.8 Å². The third-order valence-corrected chi connectivity index (χ3v) is 3.73. The second-order valence-electron chi connectivity index (χ2n) is 5.68. The van der Waals surface area contributed by atoms with Gasteiger partial charge in [0.25, 0.3) is 5.91 Å². The van der Waals surface area contributed by atoms with Crippen LogP contribution in [0.2, 0.25) is 0 Å². The van der Waals surface area contributed by atoms with Gasteiger partial charge in [-0.15, -0.1) is 12.4 Å². The lowest BCUT2D eigenvalue weighted by atomic mass is 10.1. The van der Waals surface area contributed by atoms with Gasteiger partial charge in [-0.05, 0) is 30.2 Å². The van der Waals surface area contributed by atoms with Gasteiger partial charge >= 0.3 is 0 Å². The summed E-state index contributed by atoms with van der Waals surface area (Å²) < 4.78 is 10.7. The van der Waals surface area contributed by atoms with Gasteiger partial charge in [0, 0.05) is 26.7 Å². The van der Waals surface area contributed by atoms with Crippen molar-refractivity contribution in [2.75, 3.05) is 33.4 Å². The molecule has 0 bridgehead atoms. The first-order chi connectivity index (χ1) is 12.2. The van der Waals surface area contributed by atoms with Gasteiger partial charge in [-0.1, -0.05) is 42.5 Å². The molecule has 0 aliphatic heterocycles. The van der Waals surface area contributed by atoms with Crippen LogP contribution < -0.4 is 15.4 Å². The smallest absolute Gasteiger partial charge is 0.260 e. The average Bonchev–Trinajstić information content (AvgIpc) is 2.65. The Bertz CT molecular complexity index is 635. The van der Waals surface area contributed by atoms with E-state index >= 15 is 0 Å². The summed E-state index contributed by atoms with van der Waals surface area (Å²) in [5.74, 6) is 0.557. The van der Waals surface area contributed by atoms with Crippen molar-refractivity contribution >= 4 is 18.3 Å². The molecule has 0 spiro atoms. The molecule has 0 saturated heterocycles. The average molecular weight is 379 g/mol. The Labute approximate surface area is 161 Å². The van der Waals surface area contributed by atoms with E-state index in [0.717, 1.165) is 17.7 Å². The van der Waals surface area contributed by atoms with E-state index in [4.69, 9.17) is 9.47 Å².